The summed E-state index contributed by atoms with van der Waals surface area (Å²) in [4.78, 5) is 31.1. The molecular weight excluding hydrogens is 607 g/mol. The zero-order chi connectivity index (χ0) is 32.2. The summed E-state index contributed by atoms with van der Waals surface area (Å²) in [5.74, 6) is -2.73. The van der Waals surface area contributed by atoms with Crippen LogP contribution < -0.4 is 9.64 Å². The average Bonchev–Trinajstić information content (AvgIpc) is 3.02. The molecule has 2 saturated heterocycles. The Morgan fingerprint density at radius 2 is 1.89 bits per heavy atom. The number of nitrogens with zero attached hydrogens (tertiary/aromatic N) is 7. The third-order valence-corrected chi connectivity index (χ3v) is 8.38. The molecule has 234 valence electrons. The van der Waals surface area contributed by atoms with E-state index >= 15 is 4.39 Å². The number of halogens is 4. The number of hydrogen-bond donors (Lipinski definition) is 0. The Bertz CT molecular complexity index is 1810. The van der Waals surface area contributed by atoms with Crippen LogP contribution in [0.4, 0.5) is 19.0 Å². The van der Waals surface area contributed by atoms with Gasteiger partial charge in [0.1, 0.15) is 29.5 Å². The lowest BCUT2D eigenvalue weighted by Gasteiger charge is -2.39. The van der Waals surface area contributed by atoms with E-state index in [-0.39, 0.29) is 41.4 Å². The number of ether oxygens (including phenoxy) is 1. The van der Waals surface area contributed by atoms with Crippen molar-refractivity contribution >= 4 is 45.0 Å². The molecule has 0 radical (unpaired) electrons. The zero-order valence-electron chi connectivity index (χ0n) is 24.9. The van der Waals surface area contributed by atoms with Gasteiger partial charge in [-0.25, -0.2) is 13.2 Å². The van der Waals surface area contributed by atoms with E-state index < -0.39 is 23.4 Å². The standard InChI is InChI=1S/C30H28ClF3N6O2.C2H3N/c1-3-38-10-9-19(38)16-42-30-36-27-21(28(37-30)39-11-13-40(14-12-39)29(41)17(2)32)15-35-26(25(27)34)20-6-4-5-18-7-8-22(33)24(31)23(18)20;1-2-3/h4-8,15,19H,2-3,9-14,16H2,1H3;1H3. The number of likely N-dealkylation sites (N-methyl/N-ethyl adjacent to an activating group) is 1. The first-order chi connectivity index (χ1) is 21.7. The first-order valence-electron chi connectivity index (χ1n) is 14.5. The Hall–Kier alpha value is -4.47. The molecule has 9 nitrogen and oxygen atoms in total. The summed E-state index contributed by atoms with van der Waals surface area (Å²) < 4.78 is 50.3. The number of piperazine rings is 1. The monoisotopic (exact) mass is 637 g/mol. The number of nitriles is 1. The predicted octanol–water partition coefficient (Wildman–Crippen LogP) is 5.91. The van der Waals surface area contributed by atoms with Crippen molar-refractivity contribution in [1.29, 1.82) is 5.26 Å². The third-order valence-electron chi connectivity index (χ3n) is 8.01. The van der Waals surface area contributed by atoms with Crippen LogP contribution >= 0.6 is 11.6 Å². The van der Waals surface area contributed by atoms with Crippen LogP contribution in [-0.2, 0) is 4.79 Å². The van der Waals surface area contributed by atoms with E-state index in [2.05, 4.69) is 33.4 Å². The predicted molar refractivity (Wildman–Crippen MR) is 167 cm³/mol. The molecule has 0 spiro atoms. The fourth-order valence-corrected chi connectivity index (χ4v) is 5.86. The molecule has 0 saturated carbocycles. The van der Waals surface area contributed by atoms with Crippen molar-refractivity contribution in [3.05, 3.63) is 65.6 Å². The number of carbonyl (C=O) groups is 1. The molecule has 2 aliphatic heterocycles. The summed E-state index contributed by atoms with van der Waals surface area (Å²) in [5, 5.41) is 8.52. The molecule has 4 heterocycles. The average molecular weight is 638 g/mol. The van der Waals surface area contributed by atoms with E-state index in [0.717, 1.165) is 19.5 Å². The summed E-state index contributed by atoms with van der Waals surface area (Å²) in [6, 6.07) is 9.93. The van der Waals surface area contributed by atoms with Gasteiger partial charge in [-0.1, -0.05) is 49.4 Å². The van der Waals surface area contributed by atoms with Crippen molar-refractivity contribution in [2.45, 2.75) is 26.3 Å². The van der Waals surface area contributed by atoms with Gasteiger partial charge >= 0.3 is 6.01 Å². The van der Waals surface area contributed by atoms with E-state index in [9.17, 15) is 13.6 Å². The van der Waals surface area contributed by atoms with Gasteiger partial charge < -0.3 is 14.5 Å². The lowest BCUT2D eigenvalue weighted by molar-refractivity contribution is -0.128. The Labute approximate surface area is 263 Å². The topological polar surface area (TPSA) is 98.5 Å². The lowest BCUT2D eigenvalue weighted by Crippen LogP contribution is -2.50. The zero-order valence-corrected chi connectivity index (χ0v) is 25.6. The molecule has 13 heteroatoms. The summed E-state index contributed by atoms with van der Waals surface area (Å²) in [6.45, 7) is 9.92. The highest BCUT2D eigenvalue weighted by molar-refractivity contribution is 6.36. The van der Waals surface area contributed by atoms with E-state index in [4.69, 9.17) is 21.6 Å². The number of aromatic nitrogens is 3. The number of hydrogen-bond acceptors (Lipinski definition) is 8. The molecule has 0 aliphatic carbocycles. The third kappa shape index (κ3) is 6.36. The van der Waals surface area contributed by atoms with Gasteiger partial charge in [-0.2, -0.15) is 15.2 Å². The van der Waals surface area contributed by atoms with Crippen molar-refractivity contribution in [3.8, 4) is 23.3 Å². The highest BCUT2D eigenvalue weighted by Crippen LogP contribution is 2.38. The SMILES string of the molecule is C=C(F)C(=O)N1CCN(c2nc(OCC3CCN3CC)nc3c(F)c(-c4cccc5ccc(F)c(Cl)c45)ncc23)CC1.CC#N. The highest BCUT2D eigenvalue weighted by Gasteiger charge is 2.29. The number of anilines is 1. The highest BCUT2D eigenvalue weighted by atomic mass is 35.5. The fraction of sp³-hybridized carbons (Fsp3) is 0.344. The molecule has 2 aromatic heterocycles. The maximum atomic E-state index is 16.4. The van der Waals surface area contributed by atoms with E-state index in [1.807, 2.05) is 4.90 Å². The molecule has 1 amide bonds. The van der Waals surface area contributed by atoms with Gasteiger partial charge in [-0.05, 0) is 24.4 Å². The molecule has 0 N–H and O–H groups in total. The van der Waals surface area contributed by atoms with Crippen LogP contribution in [0.1, 0.15) is 20.3 Å². The molecule has 1 atom stereocenters. The summed E-state index contributed by atoms with van der Waals surface area (Å²) >= 11 is 6.33. The van der Waals surface area contributed by atoms with Crippen LogP contribution in [0.2, 0.25) is 5.02 Å². The Morgan fingerprint density at radius 3 is 2.53 bits per heavy atom. The maximum Gasteiger partial charge on any atom is 0.319 e. The number of rotatable bonds is 7. The van der Waals surface area contributed by atoms with Crippen molar-refractivity contribution in [2.75, 3.05) is 50.8 Å². The van der Waals surface area contributed by atoms with Crippen LogP contribution in [0.15, 0.2) is 48.9 Å². The van der Waals surface area contributed by atoms with Crippen LogP contribution in [0.25, 0.3) is 32.9 Å². The van der Waals surface area contributed by atoms with Crippen LogP contribution in [0.5, 0.6) is 6.01 Å². The van der Waals surface area contributed by atoms with Gasteiger partial charge in [0.25, 0.3) is 5.91 Å². The second-order valence-electron chi connectivity index (χ2n) is 10.6. The smallest absolute Gasteiger partial charge is 0.319 e. The van der Waals surface area contributed by atoms with Crippen molar-refractivity contribution < 1.29 is 22.7 Å². The summed E-state index contributed by atoms with van der Waals surface area (Å²) in [5.41, 5.74) is 0.274. The van der Waals surface area contributed by atoms with Crippen LogP contribution in [-0.4, -0.2) is 82.6 Å². The van der Waals surface area contributed by atoms with Gasteiger partial charge in [-0.3, -0.25) is 14.7 Å². The minimum absolute atomic E-state index is 0.00846. The van der Waals surface area contributed by atoms with Crippen molar-refractivity contribution in [1.82, 2.24) is 24.8 Å². The fourth-order valence-electron chi connectivity index (χ4n) is 5.58. The molecule has 4 aromatic rings. The van der Waals surface area contributed by atoms with Crippen LogP contribution in [0.3, 0.4) is 0 Å². The Kier molecular flexibility index (Phi) is 9.70. The molecule has 2 aliphatic rings. The Morgan fingerprint density at radius 1 is 1.16 bits per heavy atom. The van der Waals surface area contributed by atoms with Gasteiger partial charge in [0, 0.05) is 62.8 Å². The Balaban J connectivity index is 0.00000128. The first kappa shape index (κ1) is 31.9. The first-order valence-corrected chi connectivity index (χ1v) is 14.9. The number of amides is 1. The van der Waals surface area contributed by atoms with E-state index in [1.54, 1.807) is 30.3 Å². The normalized spacial score (nSPS) is 16.5. The van der Waals surface area contributed by atoms with Crippen molar-refractivity contribution in [2.24, 2.45) is 0 Å². The summed E-state index contributed by atoms with van der Waals surface area (Å²) in [6.07, 6.45) is 2.45. The van der Waals surface area contributed by atoms with Crippen LogP contribution in [0, 0.1) is 23.0 Å². The number of carbonyl (C=O) groups excluding carboxylic acids is 1. The molecule has 1 unspecified atom stereocenters. The largest absolute Gasteiger partial charge is 0.462 e. The van der Waals surface area contributed by atoms with E-state index in [1.165, 1.54) is 24.1 Å². The quantitative estimate of drug-likeness (QED) is 0.231. The maximum absolute atomic E-state index is 16.4. The molecule has 45 heavy (non-hydrogen) atoms. The van der Waals surface area contributed by atoms with Gasteiger partial charge in [-0.15, -0.1) is 0 Å². The number of fused-ring (bicyclic) bond motifs is 2. The number of benzene rings is 2. The number of pyridine rings is 1. The molecule has 0 bridgehead atoms. The summed E-state index contributed by atoms with van der Waals surface area (Å²) in [7, 11) is 0. The van der Waals surface area contributed by atoms with E-state index in [0.29, 0.717) is 47.2 Å². The number of likely N-dealkylation sites (tertiary alicyclic amines) is 1. The van der Waals surface area contributed by atoms with Gasteiger partial charge in [0.05, 0.1) is 16.5 Å². The molecule has 2 aromatic carbocycles. The van der Waals surface area contributed by atoms with Gasteiger partial charge in [0.2, 0.25) is 0 Å². The second kappa shape index (κ2) is 13.7. The minimum atomic E-state index is -1.02. The lowest BCUT2D eigenvalue weighted by atomic mass is 10.0. The minimum Gasteiger partial charge on any atom is -0.462 e. The van der Waals surface area contributed by atoms with Crippen molar-refractivity contribution in [3.63, 3.8) is 0 Å². The molecule has 6 rings (SSSR count). The molecule has 2 fully saturated rings. The second-order valence-corrected chi connectivity index (χ2v) is 10.9. The van der Waals surface area contributed by atoms with Gasteiger partial charge in [0.15, 0.2) is 11.6 Å². The molecular formula is C32H31ClF3N7O2.